The number of aliphatic imine (C=N–C) groups is 2. The molecule has 0 bridgehead atoms. The fourth-order valence-corrected chi connectivity index (χ4v) is 3.02. The topological polar surface area (TPSA) is 80.0 Å². The summed E-state index contributed by atoms with van der Waals surface area (Å²) in [7, 11) is 0. The number of hydrogen-bond acceptors (Lipinski definition) is 1. The van der Waals surface area contributed by atoms with Crippen molar-refractivity contribution in [2.75, 3.05) is 19.6 Å². The SMILES string of the molecule is CCCCCCN(CCCCCC)C(N=C(N)N)=NCCc1ccccc1. The lowest BCUT2D eigenvalue weighted by Gasteiger charge is -2.24. The summed E-state index contributed by atoms with van der Waals surface area (Å²) in [4.78, 5) is 11.4. The number of nitrogens with zero attached hydrogens (tertiary/aromatic N) is 3. The third kappa shape index (κ3) is 11.3. The third-order valence-electron chi connectivity index (χ3n) is 4.57. The number of hydrogen-bond donors (Lipinski definition) is 2. The lowest BCUT2D eigenvalue weighted by Crippen LogP contribution is -2.35. The largest absolute Gasteiger partial charge is 0.370 e. The molecule has 0 radical (unpaired) electrons. The summed E-state index contributed by atoms with van der Waals surface area (Å²) in [5.41, 5.74) is 12.7. The zero-order valence-electron chi connectivity index (χ0n) is 17.4. The Labute approximate surface area is 166 Å². The molecule has 0 heterocycles. The monoisotopic (exact) mass is 373 g/mol. The number of nitrogens with two attached hydrogens (primary N) is 2. The highest BCUT2D eigenvalue weighted by molar-refractivity contribution is 5.93. The molecule has 0 spiro atoms. The van der Waals surface area contributed by atoms with Crippen LogP contribution in [0, 0.1) is 0 Å². The van der Waals surface area contributed by atoms with Crippen molar-refractivity contribution in [2.24, 2.45) is 21.5 Å². The first-order valence-corrected chi connectivity index (χ1v) is 10.6. The molecular weight excluding hydrogens is 334 g/mol. The highest BCUT2D eigenvalue weighted by Crippen LogP contribution is 2.08. The first kappa shape index (κ1) is 23.0. The molecule has 0 saturated carbocycles. The minimum atomic E-state index is 0.0839. The zero-order chi connectivity index (χ0) is 19.7. The van der Waals surface area contributed by atoms with Gasteiger partial charge in [0, 0.05) is 19.6 Å². The van der Waals surface area contributed by atoms with Crippen molar-refractivity contribution in [3.05, 3.63) is 35.9 Å². The molecule has 0 aliphatic heterocycles. The predicted molar refractivity (Wildman–Crippen MR) is 118 cm³/mol. The maximum absolute atomic E-state index is 5.69. The van der Waals surface area contributed by atoms with Gasteiger partial charge in [0.1, 0.15) is 0 Å². The van der Waals surface area contributed by atoms with Gasteiger partial charge in [-0.1, -0.05) is 82.7 Å². The minimum Gasteiger partial charge on any atom is -0.370 e. The average Bonchev–Trinajstić information content (AvgIpc) is 2.66. The molecule has 0 fully saturated rings. The van der Waals surface area contributed by atoms with Crippen LogP contribution in [-0.2, 0) is 6.42 Å². The van der Waals surface area contributed by atoms with Gasteiger partial charge in [0.05, 0.1) is 0 Å². The second-order valence-corrected chi connectivity index (χ2v) is 7.06. The van der Waals surface area contributed by atoms with Gasteiger partial charge < -0.3 is 16.4 Å². The van der Waals surface area contributed by atoms with Crippen LogP contribution < -0.4 is 11.5 Å². The quantitative estimate of drug-likeness (QED) is 0.307. The first-order valence-electron chi connectivity index (χ1n) is 10.6. The molecule has 1 aromatic carbocycles. The molecule has 27 heavy (non-hydrogen) atoms. The van der Waals surface area contributed by atoms with E-state index in [0.717, 1.165) is 32.4 Å². The number of rotatable bonds is 13. The van der Waals surface area contributed by atoms with Crippen LogP contribution in [0.4, 0.5) is 0 Å². The maximum atomic E-state index is 5.69. The summed E-state index contributed by atoms with van der Waals surface area (Å²) >= 11 is 0. The van der Waals surface area contributed by atoms with Crippen LogP contribution in [0.1, 0.15) is 70.8 Å². The fraction of sp³-hybridized carbons (Fsp3) is 0.636. The van der Waals surface area contributed by atoms with E-state index in [1.165, 1.54) is 44.1 Å². The van der Waals surface area contributed by atoms with E-state index < -0.39 is 0 Å². The normalized spacial score (nSPS) is 11.4. The van der Waals surface area contributed by atoms with E-state index in [-0.39, 0.29) is 5.96 Å². The van der Waals surface area contributed by atoms with Crippen LogP contribution in [0.25, 0.3) is 0 Å². The Kier molecular flexibility index (Phi) is 12.8. The van der Waals surface area contributed by atoms with Crippen LogP contribution in [0.5, 0.6) is 0 Å². The fourth-order valence-electron chi connectivity index (χ4n) is 3.02. The zero-order valence-corrected chi connectivity index (χ0v) is 17.4. The highest BCUT2D eigenvalue weighted by atomic mass is 15.3. The van der Waals surface area contributed by atoms with Gasteiger partial charge in [-0.25, -0.2) is 0 Å². The summed E-state index contributed by atoms with van der Waals surface area (Å²) in [6.07, 6.45) is 10.7. The van der Waals surface area contributed by atoms with Crippen molar-refractivity contribution in [2.45, 2.75) is 71.6 Å². The Morgan fingerprint density at radius 1 is 0.852 bits per heavy atom. The smallest absolute Gasteiger partial charge is 0.223 e. The second kappa shape index (κ2) is 15.1. The van der Waals surface area contributed by atoms with E-state index in [1.807, 2.05) is 6.07 Å². The van der Waals surface area contributed by atoms with Gasteiger partial charge in [-0.05, 0) is 24.8 Å². The first-order chi connectivity index (χ1) is 13.2. The lowest BCUT2D eigenvalue weighted by atomic mass is 10.1. The molecule has 1 aromatic rings. The average molecular weight is 374 g/mol. The molecule has 152 valence electrons. The van der Waals surface area contributed by atoms with E-state index >= 15 is 0 Å². The summed E-state index contributed by atoms with van der Waals surface area (Å²) in [5.74, 6) is 0.777. The van der Waals surface area contributed by atoms with Crippen LogP contribution >= 0.6 is 0 Å². The summed E-state index contributed by atoms with van der Waals surface area (Å²) in [6, 6.07) is 10.4. The molecule has 0 aliphatic rings. The standard InChI is InChI=1S/C22H39N5/c1-3-5-7-12-18-27(19-13-8-6-4-2)22(26-21(23)24)25-17-16-20-14-10-9-11-15-20/h9-11,14-15H,3-8,12-13,16-19H2,1-2H3,(H4,23,24,25,26). The van der Waals surface area contributed by atoms with Crippen molar-refractivity contribution >= 4 is 11.9 Å². The Morgan fingerprint density at radius 3 is 1.96 bits per heavy atom. The van der Waals surface area contributed by atoms with Gasteiger partial charge in [0.25, 0.3) is 0 Å². The van der Waals surface area contributed by atoms with E-state index in [0.29, 0.717) is 12.5 Å². The van der Waals surface area contributed by atoms with Crippen LogP contribution in [0.2, 0.25) is 0 Å². The molecular formula is C22H39N5. The summed E-state index contributed by atoms with van der Waals surface area (Å²) < 4.78 is 0. The van der Waals surface area contributed by atoms with Gasteiger partial charge >= 0.3 is 0 Å². The van der Waals surface area contributed by atoms with Gasteiger partial charge in [0.2, 0.25) is 5.96 Å². The second-order valence-electron chi connectivity index (χ2n) is 7.06. The van der Waals surface area contributed by atoms with E-state index in [4.69, 9.17) is 16.5 Å². The van der Waals surface area contributed by atoms with Crippen molar-refractivity contribution < 1.29 is 0 Å². The van der Waals surface area contributed by atoms with Crippen molar-refractivity contribution in [1.29, 1.82) is 0 Å². The molecule has 5 heteroatoms. The molecule has 1 rings (SSSR count). The molecule has 0 amide bonds. The maximum Gasteiger partial charge on any atom is 0.223 e. The molecule has 5 nitrogen and oxygen atoms in total. The lowest BCUT2D eigenvalue weighted by molar-refractivity contribution is 0.382. The van der Waals surface area contributed by atoms with E-state index in [9.17, 15) is 0 Å². The van der Waals surface area contributed by atoms with Crippen molar-refractivity contribution in [3.8, 4) is 0 Å². The Hall–Kier alpha value is -2.04. The minimum absolute atomic E-state index is 0.0839. The summed E-state index contributed by atoms with van der Waals surface area (Å²) in [5, 5.41) is 0. The Balaban J connectivity index is 2.74. The van der Waals surface area contributed by atoms with Crippen molar-refractivity contribution in [1.82, 2.24) is 4.90 Å². The molecule has 0 unspecified atom stereocenters. The number of guanidine groups is 2. The summed E-state index contributed by atoms with van der Waals surface area (Å²) in [6.45, 7) is 7.09. The Bertz CT molecular complexity index is 523. The van der Waals surface area contributed by atoms with E-state index in [1.54, 1.807) is 0 Å². The predicted octanol–water partition coefficient (Wildman–Crippen LogP) is 4.32. The number of unbranched alkanes of at least 4 members (excludes halogenated alkanes) is 6. The highest BCUT2D eigenvalue weighted by Gasteiger charge is 2.11. The molecule has 4 N–H and O–H groups in total. The molecule has 0 aliphatic carbocycles. The van der Waals surface area contributed by atoms with Crippen LogP contribution in [-0.4, -0.2) is 36.5 Å². The van der Waals surface area contributed by atoms with Gasteiger partial charge in [-0.15, -0.1) is 0 Å². The third-order valence-corrected chi connectivity index (χ3v) is 4.57. The molecule has 0 saturated heterocycles. The van der Waals surface area contributed by atoms with Crippen LogP contribution in [0.15, 0.2) is 40.3 Å². The van der Waals surface area contributed by atoms with Gasteiger partial charge in [0.15, 0.2) is 5.96 Å². The van der Waals surface area contributed by atoms with Gasteiger partial charge in [-0.3, -0.25) is 4.99 Å². The molecule has 0 aromatic heterocycles. The van der Waals surface area contributed by atoms with E-state index in [2.05, 4.69) is 48.0 Å². The van der Waals surface area contributed by atoms with Crippen molar-refractivity contribution in [3.63, 3.8) is 0 Å². The Morgan fingerprint density at radius 2 is 1.44 bits per heavy atom. The molecule has 0 atom stereocenters. The van der Waals surface area contributed by atoms with Gasteiger partial charge in [-0.2, -0.15) is 4.99 Å². The number of benzene rings is 1. The van der Waals surface area contributed by atoms with Crippen LogP contribution in [0.3, 0.4) is 0 Å².